The summed E-state index contributed by atoms with van der Waals surface area (Å²) < 4.78 is 6.09. The lowest BCUT2D eigenvalue weighted by Gasteiger charge is -2.14. The molecule has 2 aromatic rings. The monoisotopic (exact) mass is 430 g/mol. The van der Waals surface area contributed by atoms with E-state index in [4.69, 9.17) is 22.8 Å². The Labute approximate surface area is 163 Å². The molecule has 0 aromatic heterocycles. The molecule has 1 heterocycles. The highest BCUT2D eigenvalue weighted by Crippen LogP contribution is 2.35. The maximum atomic E-state index is 12.7. The first-order valence-electron chi connectivity index (χ1n) is 7.48. The van der Waals surface area contributed by atoms with Crippen LogP contribution in [0.2, 0.25) is 5.02 Å². The fourth-order valence-electron chi connectivity index (χ4n) is 2.43. The minimum atomic E-state index is -0.516. The van der Waals surface area contributed by atoms with Crippen LogP contribution in [0.4, 0.5) is 5.69 Å². The predicted octanol–water partition coefficient (Wildman–Crippen LogP) is 3.58. The topological polar surface area (TPSA) is 58.6 Å². The van der Waals surface area contributed by atoms with Gasteiger partial charge in [0.2, 0.25) is 0 Å². The van der Waals surface area contributed by atoms with Gasteiger partial charge in [0, 0.05) is 10.6 Å². The van der Waals surface area contributed by atoms with Gasteiger partial charge >= 0.3 is 0 Å². The van der Waals surface area contributed by atoms with E-state index in [9.17, 15) is 9.59 Å². The third kappa shape index (κ3) is 3.59. The molecule has 1 N–H and O–H groups in total. The highest BCUT2D eigenvalue weighted by Gasteiger charge is 2.34. The summed E-state index contributed by atoms with van der Waals surface area (Å²) >= 11 is 9.44. The van der Waals surface area contributed by atoms with Crippen LogP contribution in [0, 0.1) is 12.3 Å². The van der Waals surface area contributed by atoms with Crippen LogP contribution in [0.1, 0.15) is 5.56 Å². The molecule has 0 unspecified atom stereocenters. The second-order valence-corrected chi connectivity index (χ2v) is 6.56. The standard InChI is InChI=1S/C19H12BrClN2O3/c1-2-8-26-17-12(9-13(21)11-16(17)20)10-15-18(24)22-23(19(15)25)14-6-4-3-5-7-14/h1,3-7,9-11H,8H2,(H,22,24)/b15-10-. The van der Waals surface area contributed by atoms with Crippen LogP contribution in [0.3, 0.4) is 0 Å². The number of terminal acetylenes is 1. The Bertz CT molecular complexity index is 951. The molecule has 2 amide bonds. The van der Waals surface area contributed by atoms with Crippen molar-refractivity contribution in [3.8, 4) is 18.1 Å². The molecule has 1 fully saturated rings. The molecule has 2 aromatic carbocycles. The van der Waals surface area contributed by atoms with Gasteiger partial charge in [-0.05, 0) is 46.3 Å². The molecule has 130 valence electrons. The lowest BCUT2D eigenvalue weighted by Crippen LogP contribution is -2.35. The Morgan fingerprint density at radius 2 is 2.00 bits per heavy atom. The van der Waals surface area contributed by atoms with Crippen molar-refractivity contribution in [1.82, 2.24) is 5.43 Å². The van der Waals surface area contributed by atoms with E-state index in [1.54, 1.807) is 36.4 Å². The van der Waals surface area contributed by atoms with Gasteiger partial charge in [0.15, 0.2) is 0 Å². The predicted molar refractivity (Wildman–Crippen MR) is 104 cm³/mol. The number of anilines is 1. The number of ether oxygens (including phenoxy) is 1. The van der Waals surface area contributed by atoms with Crippen molar-refractivity contribution < 1.29 is 14.3 Å². The molecule has 1 aliphatic heterocycles. The third-order valence-corrected chi connectivity index (χ3v) is 4.35. The smallest absolute Gasteiger partial charge is 0.282 e. The van der Waals surface area contributed by atoms with Crippen molar-refractivity contribution in [3.63, 3.8) is 0 Å². The fraction of sp³-hybridized carbons (Fsp3) is 0.0526. The molecule has 0 radical (unpaired) electrons. The minimum Gasteiger partial charge on any atom is -0.479 e. The molecule has 7 heteroatoms. The van der Waals surface area contributed by atoms with Crippen molar-refractivity contribution in [2.45, 2.75) is 0 Å². The molecular formula is C19H12BrClN2O3. The summed E-state index contributed by atoms with van der Waals surface area (Å²) in [7, 11) is 0. The maximum Gasteiger partial charge on any atom is 0.282 e. The fourth-order valence-corrected chi connectivity index (χ4v) is 3.37. The quantitative estimate of drug-likeness (QED) is 0.457. The van der Waals surface area contributed by atoms with Gasteiger partial charge < -0.3 is 4.74 Å². The zero-order valence-corrected chi connectivity index (χ0v) is 15.7. The van der Waals surface area contributed by atoms with Crippen LogP contribution in [-0.4, -0.2) is 18.4 Å². The first-order chi connectivity index (χ1) is 12.5. The van der Waals surface area contributed by atoms with Gasteiger partial charge in [-0.1, -0.05) is 35.7 Å². The molecule has 26 heavy (non-hydrogen) atoms. The van der Waals surface area contributed by atoms with Crippen molar-refractivity contribution in [1.29, 1.82) is 0 Å². The lowest BCUT2D eigenvalue weighted by molar-refractivity contribution is -0.117. The Morgan fingerprint density at radius 3 is 2.69 bits per heavy atom. The third-order valence-electron chi connectivity index (χ3n) is 3.54. The molecule has 3 rings (SSSR count). The van der Waals surface area contributed by atoms with E-state index in [1.165, 1.54) is 11.1 Å². The van der Waals surface area contributed by atoms with Gasteiger partial charge in [0.1, 0.15) is 17.9 Å². The summed E-state index contributed by atoms with van der Waals surface area (Å²) in [6, 6.07) is 12.0. The molecule has 0 saturated carbocycles. The van der Waals surface area contributed by atoms with E-state index in [-0.39, 0.29) is 12.2 Å². The Morgan fingerprint density at radius 1 is 1.27 bits per heavy atom. The Hall–Kier alpha value is -2.75. The number of nitrogens with one attached hydrogen (secondary N) is 1. The maximum absolute atomic E-state index is 12.7. The van der Waals surface area contributed by atoms with E-state index in [0.717, 1.165) is 0 Å². The second-order valence-electron chi connectivity index (χ2n) is 5.27. The van der Waals surface area contributed by atoms with Crippen LogP contribution in [0.25, 0.3) is 6.08 Å². The highest BCUT2D eigenvalue weighted by molar-refractivity contribution is 9.10. The SMILES string of the molecule is C#CCOc1c(Br)cc(Cl)cc1/C=C1/C(=O)NN(c2ccccc2)C1=O. The van der Waals surface area contributed by atoms with Gasteiger partial charge in [0.05, 0.1) is 10.2 Å². The largest absolute Gasteiger partial charge is 0.479 e. The zero-order valence-electron chi connectivity index (χ0n) is 13.3. The van der Waals surface area contributed by atoms with Crippen LogP contribution >= 0.6 is 27.5 Å². The number of para-hydroxylation sites is 1. The number of carbonyl (C=O) groups is 2. The van der Waals surface area contributed by atoms with Crippen LogP contribution in [0.15, 0.2) is 52.5 Å². The molecular weight excluding hydrogens is 420 g/mol. The molecule has 0 aliphatic carbocycles. The number of benzene rings is 2. The van der Waals surface area contributed by atoms with E-state index < -0.39 is 11.8 Å². The van der Waals surface area contributed by atoms with E-state index in [0.29, 0.717) is 26.5 Å². The average Bonchev–Trinajstić information content (AvgIpc) is 2.90. The van der Waals surface area contributed by atoms with Crippen molar-refractivity contribution in [3.05, 3.63) is 63.1 Å². The van der Waals surface area contributed by atoms with Gasteiger partial charge in [0.25, 0.3) is 11.8 Å². The van der Waals surface area contributed by atoms with E-state index in [1.807, 2.05) is 6.07 Å². The molecule has 1 saturated heterocycles. The molecule has 0 bridgehead atoms. The summed E-state index contributed by atoms with van der Waals surface area (Å²) in [6.07, 6.45) is 6.67. The molecule has 1 aliphatic rings. The number of rotatable bonds is 4. The summed E-state index contributed by atoms with van der Waals surface area (Å²) in [6.45, 7) is 0.0344. The lowest BCUT2D eigenvalue weighted by atomic mass is 10.1. The molecule has 0 atom stereocenters. The number of nitrogens with zero attached hydrogens (tertiary/aromatic N) is 1. The average molecular weight is 432 g/mol. The van der Waals surface area contributed by atoms with E-state index >= 15 is 0 Å². The first-order valence-corrected chi connectivity index (χ1v) is 8.66. The number of halogens is 2. The number of hydrogen-bond acceptors (Lipinski definition) is 3. The molecule has 5 nitrogen and oxygen atoms in total. The highest BCUT2D eigenvalue weighted by atomic mass is 79.9. The first kappa shape index (κ1) is 18.1. The zero-order chi connectivity index (χ0) is 18.7. The van der Waals surface area contributed by atoms with Crippen molar-refractivity contribution in [2.24, 2.45) is 0 Å². The number of carbonyl (C=O) groups excluding carboxylic acids is 2. The normalized spacial score (nSPS) is 15.1. The van der Waals surface area contributed by atoms with Crippen molar-refractivity contribution >= 4 is 51.1 Å². The van der Waals surface area contributed by atoms with E-state index in [2.05, 4.69) is 27.3 Å². The number of amides is 2. The number of hydrazine groups is 1. The van der Waals surface area contributed by atoms with Gasteiger partial charge in [-0.25, -0.2) is 5.01 Å². The molecule has 0 spiro atoms. The Balaban J connectivity index is 2.01. The van der Waals surface area contributed by atoms with Crippen LogP contribution in [-0.2, 0) is 9.59 Å². The van der Waals surface area contributed by atoms with Crippen LogP contribution < -0.4 is 15.2 Å². The summed E-state index contributed by atoms with van der Waals surface area (Å²) in [5, 5.41) is 1.61. The van der Waals surface area contributed by atoms with Crippen molar-refractivity contribution in [2.75, 3.05) is 11.6 Å². The summed E-state index contributed by atoms with van der Waals surface area (Å²) in [5.41, 5.74) is 3.53. The summed E-state index contributed by atoms with van der Waals surface area (Å²) in [4.78, 5) is 25.0. The second kappa shape index (κ2) is 7.65. The number of hydrogen-bond donors (Lipinski definition) is 1. The summed E-state index contributed by atoms with van der Waals surface area (Å²) in [5.74, 6) is 1.79. The van der Waals surface area contributed by atoms with Gasteiger partial charge in [-0.15, -0.1) is 6.42 Å². The van der Waals surface area contributed by atoms with Crippen LogP contribution in [0.5, 0.6) is 5.75 Å². The van der Waals surface area contributed by atoms with Gasteiger partial charge in [-0.2, -0.15) is 0 Å². The Kier molecular flexibility index (Phi) is 5.31. The van der Waals surface area contributed by atoms with Gasteiger partial charge in [-0.3, -0.25) is 15.0 Å². The minimum absolute atomic E-state index is 0.0337.